The fourth-order valence-electron chi connectivity index (χ4n) is 4.18. The number of methoxy groups -OCH3 is 1. The molecule has 1 atom stereocenters. The molecule has 3 aromatic carbocycles. The van der Waals surface area contributed by atoms with Gasteiger partial charge in [-0.15, -0.1) is 0 Å². The molecule has 1 unspecified atom stereocenters. The van der Waals surface area contributed by atoms with E-state index in [1.807, 2.05) is 0 Å². The molecule has 0 saturated carbocycles. The molecule has 7 nitrogen and oxygen atoms in total. The van der Waals surface area contributed by atoms with Gasteiger partial charge < -0.3 is 19.7 Å². The van der Waals surface area contributed by atoms with Crippen LogP contribution in [0.15, 0.2) is 66.2 Å². The summed E-state index contributed by atoms with van der Waals surface area (Å²) < 4.78 is 10.8. The minimum atomic E-state index is -0.985. The van der Waals surface area contributed by atoms with Gasteiger partial charge in [0.2, 0.25) is 0 Å². The van der Waals surface area contributed by atoms with Crippen LogP contribution in [0.1, 0.15) is 29.7 Å². The molecule has 1 amide bonds. The van der Waals surface area contributed by atoms with E-state index in [0.29, 0.717) is 39.8 Å². The fraction of sp³-hybridized carbons (Fsp3) is 0.185. The molecule has 0 bridgehead atoms. The molecule has 1 heterocycles. The molecule has 1 fully saturated rings. The van der Waals surface area contributed by atoms with Crippen LogP contribution in [0.5, 0.6) is 17.2 Å². The number of ketones is 1. The van der Waals surface area contributed by atoms with Crippen molar-refractivity contribution in [2.45, 2.75) is 19.9 Å². The molecular formula is C27H24ClNO6. The van der Waals surface area contributed by atoms with E-state index in [0.717, 1.165) is 0 Å². The number of nitrogens with zero attached hydrogens (tertiary/aromatic N) is 1. The number of rotatable bonds is 6. The van der Waals surface area contributed by atoms with E-state index in [4.69, 9.17) is 21.1 Å². The van der Waals surface area contributed by atoms with Crippen molar-refractivity contribution in [3.63, 3.8) is 0 Å². The number of aromatic hydroxyl groups is 1. The number of hydrogen-bond acceptors (Lipinski definition) is 6. The number of ether oxygens (including phenoxy) is 2. The number of aryl methyl sites for hydroxylation is 1. The monoisotopic (exact) mass is 493 g/mol. The predicted molar refractivity (Wildman–Crippen MR) is 133 cm³/mol. The normalized spacial score (nSPS) is 17.0. The summed E-state index contributed by atoms with van der Waals surface area (Å²) >= 11 is 6.13. The summed E-state index contributed by atoms with van der Waals surface area (Å²) in [4.78, 5) is 28.1. The Morgan fingerprint density at radius 1 is 1.09 bits per heavy atom. The van der Waals surface area contributed by atoms with Crippen LogP contribution in [0.4, 0.5) is 5.69 Å². The number of carbonyl (C=O) groups is 2. The molecule has 3 aromatic rings. The molecule has 0 aliphatic carbocycles. The molecule has 1 aliphatic rings. The second kappa shape index (κ2) is 9.72. The molecule has 1 aliphatic heterocycles. The van der Waals surface area contributed by atoms with E-state index in [1.54, 1.807) is 68.4 Å². The average molecular weight is 494 g/mol. The number of carbonyl (C=O) groups excluding carboxylic acids is 2. The van der Waals surface area contributed by atoms with E-state index < -0.39 is 17.7 Å². The van der Waals surface area contributed by atoms with E-state index >= 15 is 0 Å². The maximum atomic E-state index is 13.4. The van der Waals surface area contributed by atoms with Gasteiger partial charge in [-0.05, 0) is 67.4 Å². The van der Waals surface area contributed by atoms with Gasteiger partial charge in [0.25, 0.3) is 11.7 Å². The van der Waals surface area contributed by atoms with Gasteiger partial charge in [-0.3, -0.25) is 14.5 Å². The summed E-state index contributed by atoms with van der Waals surface area (Å²) in [5.74, 6) is -1.37. The van der Waals surface area contributed by atoms with Gasteiger partial charge in [0.05, 0.1) is 25.3 Å². The van der Waals surface area contributed by atoms with Gasteiger partial charge in [0, 0.05) is 16.3 Å². The van der Waals surface area contributed by atoms with Crippen LogP contribution in [-0.4, -0.2) is 35.6 Å². The third-order valence-corrected chi connectivity index (χ3v) is 6.04. The second-order valence-corrected chi connectivity index (χ2v) is 8.43. The lowest BCUT2D eigenvalue weighted by atomic mass is 9.94. The number of halogens is 1. The van der Waals surface area contributed by atoms with E-state index in [9.17, 15) is 19.8 Å². The van der Waals surface area contributed by atoms with Gasteiger partial charge in [-0.2, -0.15) is 0 Å². The van der Waals surface area contributed by atoms with Crippen molar-refractivity contribution < 1.29 is 29.3 Å². The Balaban J connectivity index is 1.98. The molecule has 1 saturated heterocycles. The first-order valence-electron chi connectivity index (χ1n) is 10.9. The van der Waals surface area contributed by atoms with Crippen molar-refractivity contribution in [1.82, 2.24) is 0 Å². The van der Waals surface area contributed by atoms with Crippen molar-refractivity contribution in [1.29, 1.82) is 0 Å². The van der Waals surface area contributed by atoms with Gasteiger partial charge in [0.1, 0.15) is 11.5 Å². The average Bonchev–Trinajstić information content (AvgIpc) is 3.10. The smallest absolute Gasteiger partial charge is 0.300 e. The zero-order valence-corrected chi connectivity index (χ0v) is 20.2. The number of phenols is 1. The Labute approximate surface area is 207 Å². The lowest BCUT2D eigenvalue weighted by molar-refractivity contribution is -0.132. The maximum absolute atomic E-state index is 13.4. The van der Waals surface area contributed by atoms with Crippen LogP contribution in [0.25, 0.3) is 5.76 Å². The highest BCUT2D eigenvalue weighted by molar-refractivity contribution is 6.51. The first-order chi connectivity index (χ1) is 16.8. The number of benzene rings is 3. The lowest BCUT2D eigenvalue weighted by Gasteiger charge is -2.27. The summed E-state index contributed by atoms with van der Waals surface area (Å²) in [7, 11) is 1.49. The Bertz CT molecular complexity index is 1350. The van der Waals surface area contributed by atoms with Crippen LogP contribution in [-0.2, 0) is 9.59 Å². The standard InChI is InChI=1S/C27H24ClNO6/c1-4-35-22-14-16(8-11-21(22)30)24-23(25(31)17-6-5-7-19(13-17)34-3)26(32)27(33)29(24)20-10-9-18(28)12-15(20)2/h5-14,24,30-31H,4H2,1-3H3/b25-23+. The molecule has 4 rings (SSSR count). The second-order valence-electron chi connectivity index (χ2n) is 7.99. The van der Waals surface area contributed by atoms with E-state index in [-0.39, 0.29) is 22.8 Å². The number of hydrogen-bond donors (Lipinski definition) is 2. The molecular weight excluding hydrogens is 470 g/mol. The summed E-state index contributed by atoms with van der Waals surface area (Å²) in [5, 5.41) is 22.0. The number of amides is 1. The first-order valence-corrected chi connectivity index (χ1v) is 11.3. The number of aliphatic hydroxyl groups is 1. The third-order valence-electron chi connectivity index (χ3n) is 5.81. The number of anilines is 1. The Morgan fingerprint density at radius 3 is 2.54 bits per heavy atom. The van der Waals surface area contributed by atoms with Gasteiger partial charge in [0.15, 0.2) is 11.5 Å². The van der Waals surface area contributed by atoms with Crippen molar-refractivity contribution >= 4 is 34.7 Å². The molecule has 8 heteroatoms. The zero-order chi connectivity index (χ0) is 25.3. The van der Waals surface area contributed by atoms with Crippen LogP contribution >= 0.6 is 11.6 Å². The minimum Gasteiger partial charge on any atom is -0.507 e. The molecule has 0 spiro atoms. The highest BCUT2D eigenvalue weighted by Crippen LogP contribution is 2.45. The molecule has 0 aromatic heterocycles. The highest BCUT2D eigenvalue weighted by atomic mass is 35.5. The minimum absolute atomic E-state index is 0.0805. The number of aliphatic hydroxyl groups excluding tert-OH is 1. The maximum Gasteiger partial charge on any atom is 0.300 e. The van der Waals surface area contributed by atoms with E-state index in [1.165, 1.54) is 18.1 Å². The summed E-state index contributed by atoms with van der Waals surface area (Å²) in [6, 6.07) is 15.2. The van der Waals surface area contributed by atoms with Crippen molar-refractivity contribution in [2.75, 3.05) is 18.6 Å². The summed E-state index contributed by atoms with van der Waals surface area (Å²) in [6.07, 6.45) is 0. The topological polar surface area (TPSA) is 96.3 Å². The van der Waals surface area contributed by atoms with E-state index in [2.05, 4.69) is 0 Å². The number of phenolic OH excluding ortho intramolecular Hbond substituents is 1. The largest absolute Gasteiger partial charge is 0.507 e. The van der Waals surface area contributed by atoms with Crippen LogP contribution in [0, 0.1) is 6.92 Å². The van der Waals surface area contributed by atoms with Gasteiger partial charge >= 0.3 is 0 Å². The van der Waals surface area contributed by atoms with Gasteiger partial charge in [-0.25, -0.2) is 0 Å². The third kappa shape index (κ3) is 4.42. The molecule has 2 N–H and O–H groups in total. The Morgan fingerprint density at radius 2 is 1.86 bits per heavy atom. The molecule has 180 valence electrons. The first kappa shape index (κ1) is 24.2. The van der Waals surface area contributed by atoms with Crippen molar-refractivity contribution in [3.05, 3.63) is 87.9 Å². The summed E-state index contributed by atoms with van der Waals surface area (Å²) in [5.41, 5.74) is 1.85. The lowest BCUT2D eigenvalue weighted by Crippen LogP contribution is -2.30. The van der Waals surface area contributed by atoms with Gasteiger partial charge in [-0.1, -0.05) is 29.8 Å². The zero-order valence-electron chi connectivity index (χ0n) is 19.4. The predicted octanol–water partition coefficient (Wildman–Crippen LogP) is 5.39. The van der Waals surface area contributed by atoms with Crippen LogP contribution in [0.3, 0.4) is 0 Å². The Hall–Kier alpha value is -3.97. The number of Topliss-reactive ketones (excluding diaryl/α,β-unsaturated/α-hetero) is 1. The quantitative estimate of drug-likeness (QED) is 0.271. The van der Waals surface area contributed by atoms with Crippen LogP contribution < -0.4 is 14.4 Å². The SMILES string of the molecule is CCOc1cc(C2/C(=C(\O)c3cccc(OC)c3)C(=O)C(=O)N2c2ccc(Cl)cc2C)ccc1O. The highest BCUT2D eigenvalue weighted by Gasteiger charge is 2.47. The fourth-order valence-corrected chi connectivity index (χ4v) is 4.41. The van der Waals surface area contributed by atoms with Crippen molar-refractivity contribution in [2.24, 2.45) is 0 Å². The molecule has 0 radical (unpaired) electrons. The van der Waals surface area contributed by atoms with Crippen LogP contribution in [0.2, 0.25) is 5.02 Å². The van der Waals surface area contributed by atoms with Crippen molar-refractivity contribution in [3.8, 4) is 17.2 Å². The summed E-state index contributed by atoms with van der Waals surface area (Å²) in [6.45, 7) is 3.86. The Kier molecular flexibility index (Phi) is 6.71. The molecule has 35 heavy (non-hydrogen) atoms.